The van der Waals surface area contributed by atoms with Crippen molar-refractivity contribution < 1.29 is 14.3 Å². The minimum atomic E-state index is -0.451. The summed E-state index contributed by atoms with van der Waals surface area (Å²) < 4.78 is 13.2. The Morgan fingerprint density at radius 2 is 1.73 bits per heavy atom. The zero-order valence-electron chi connectivity index (χ0n) is 15.8. The monoisotopic (exact) mass is 355 g/mol. The van der Waals surface area contributed by atoms with E-state index in [1.807, 2.05) is 39.0 Å². The second-order valence-electron chi connectivity index (χ2n) is 7.74. The van der Waals surface area contributed by atoms with Crippen molar-refractivity contribution in [3.05, 3.63) is 30.5 Å². The average Bonchev–Trinajstić information content (AvgIpc) is 3.18. The minimum Gasteiger partial charge on any atom is -0.496 e. The molecule has 6 heteroatoms. The quantitative estimate of drug-likeness (QED) is 0.721. The molecule has 0 aliphatic carbocycles. The Bertz CT molecular complexity index is 842. The Morgan fingerprint density at radius 1 is 1.04 bits per heavy atom. The van der Waals surface area contributed by atoms with Gasteiger partial charge in [-0.1, -0.05) is 18.2 Å². The van der Waals surface area contributed by atoms with Crippen LogP contribution in [0.4, 0.5) is 10.6 Å². The zero-order chi connectivity index (χ0) is 18.5. The van der Waals surface area contributed by atoms with Gasteiger partial charge in [0.15, 0.2) is 0 Å². The number of methoxy groups -OCH3 is 1. The molecule has 1 aromatic rings. The van der Waals surface area contributed by atoms with Crippen molar-refractivity contribution in [2.75, 3.05) is 38.2 Å². The summed E-state index contributed by atoms with van der Waals surface area (Å²) in [6.45, 7) is 8.70. The van der Waals surface area contributed by atoms with Gasteiger partial charge in [0.2, 0.25) is 0 Å². The summed E-state index contributed by atoms with van der Waals surface area (Å²) in [6, 6.07) is 8.09. The third kappa shape index (κ3) is 2.89. The summed E-state index contributed by atoms with van der Waals surface area (Å²) >= 11 is 0. The maximum Gasteiger partial charge on any atom is 0.410 e. The van der Waals surface area contributed by atoms with Crippen LogP contribution in [-0.2, 0) is 4.74 Å². The van der Waals surface area contributed by atoms with Gasteiger partial charge < -0.3 is 19.3 Å². The van der Waals surface area contributed by atoms with E-state index in [-0.39, 0.29) is 6.09 Å². The number of ether oxygens (including phenoxy) is 2. The number of benzene rings is 1. The van der Waals surface area contributed by atoms with E-state index in [1.54, 1.807) is 12.0 Å². The maximum atomic E-state index is 12.2. The molecular formula is C20H25N3O3. The SMILES string of the molecule is COc1ccccc1-c1cn2c(N3CCN(C(=O)OC(C)(C)C)CC3)c1-2. The van der Waals surface area contributed by atoms with E-state index in [2.05, 4.69) is 21.7 Å². The van der Waals surface area contributed by atoms with Crippen molar-refractivity contribution in [2.45, 2.75) is 26.4 Å². The first-order chi connectivity index (χ1) is 12.4. The van der Waals surface area contributed by atoms with E-state index >= 15 is 0 Å². The highest BCUT2D eigenvalue weighted by atomic mass is 16.6. The van der Waals surface area contributed by atoms with Crippen LogP contribution in [0.3, 0.4) is 0 Å². The van der Waals surface area contributed by atoms with Gasteiger partial charge in [-0.25, -0.2) is 4.79 Å². The van der Waals surface area contributed by atoms with Gasteiger partial charge in [0.1, 0.15) is 17.2 Å². The molecular weight excluding hydrogens is 330 g/mol. The van der Waals surface area contributed by atoms with E-state index in [0.717, 1.165) is 24.4 Å². The number of rotatable bonds is 3. The van der Waals surface area contributed by atoms with Crippen LogP contribution in [0.2, 0.25) is 0 Å². The number of nitrogens with zero attached hydrogens (tertiary/aromatic N) is 3. The van der Waals surface area contributed by atoms with Crippen molar-refractivity contribution in [3.63, 3.8) is 0 Å². The molecule has 26 heavy (non-hydrogen) atoms. The summed E-state index contributed by atoms with van der Waals surface area (Å²) in [4.78, 5) is 16.3. The van der Waals surface area contributed by atoms with E-state index in [9.17, 15) is 4.79 Å². The second-order valence-corrected chi connectivity index (χ2v) is 7.74. The largest absolute Gasteiger partial charge is 0.496 e. The Balaban J connectivity index is 1.42. The van der Waals surface area contributed by atoms with Gasteiger partial charge in [-0.05, 0) is 26.8 Å². The molecule has 0 radical (unpaired) electrons. The summed E-state index contributed by atoms with van der Waals surface area (Å²) in [5.74, 6) is 2.15. The number of hydrogen-bond donors (Lipinski definition) is 0. The minimum absolute atomic E-state index is 0.221. The maximum absolute atomic E-state index is 12.2. The molecule has 0 aromatic heterocycles. The van der Waals surface area contributed by atoms with E-state index in [0.29, 0.717) is 13.1 Å². The van der Waals surface area contributed by atoms with Gasteiger partial charge in [0, 0.05) is 43.5 Å². The number of carbonyl (C=O) groups excluding carboxylic acids is 1. The molecule has 6 nitrogen and oxygen atoms in total. The molecule has 3 heterocycles. The van der Waals surface area contributed by atoms with Gasteiger partial charge in [-0.15, -0.1) is 0 Å². The van der Waals surface area contributed by atoms with Crippen LogP contribution in [0.15, 0.2) is 30.5 Å². The Labute approximate surface area is 153 Å². The molecule has 3 aliphatic heterocycles. The Kier molecular flexibility index (Phi) is 3.86. The smallest absolute Gasteiger partial charge is 0.410 e. The molecule has 1 amide bonds. The molecule has 1 fully saturated rings. The van der Waals surface area contributed by atoms with Gasteiger partial charge in [0.25, 0.3) is 0 Å². The Morgan fingerprint density at radius 3 is 2.38 bits per heavy atom. The number of fused-ring (bicyclic) bond motifs is 1. The van der Waals surface area contributed by atoms with E-state index in [4.69, 9.17) is 9.47 Å². The summed E-state index contributed by atoms with van der Waals surface area (Å²) in [6.07, 6.45) is 1.93. The van der Waals surface area contributed by atoms with Crippen molar-refractivity contribution >= 4 is 11.9 Å². The van der Waals surface area contributed by atoms with Crippen molar-refractivity contribution in [1.29, 1.82) is 0 Å². The molecule has 138 valence electrons. The van der Waals surface area contributed by atoms with Crippen LogP contribution in [0.1, 0.15) is 20.8 Å². The molecule has 3 aliphatic rings. The first kappa shape index (κ1) is 16.8. The molecule has 1 saturated heterocycles. The molecule has 0 unspecified atom stereocenters. The number of carbonyl (C=O) groups is 1. The fourth-order valence-electron chi connectivity index (χ4n) is 3.46. The first-order valence-electron chi connectivity index (χ1n) is 9.01. The normalized spacial score (nSPS) is 15.8. The van der Waals surface area contributed by atoms with E-state index < -0.39 is 5.60 Å². The molecule has 0 saturated carbocycles. The van der Waals surface area contributed by atoms with Crippen LogP contribution in [0, 0.1) is 0 Å². The fraction of sp³-hybridized carbons (Fsp3) is 0.450. The highest BCUT2D eigenvalue weighted by molar-refractivity contribution is 5.95. The zero-order valence-corrected chi connectivity index (χ0v) is 15.8. The van der Waals surface area contributed by atoms with Crippen molar-refractivity contribution in [1.82, 2.24) is 9.47 Å². The van der Waals surface area contributed by atoms with Gasteiger partial charge >= 0.3 is 6.09 Å². The molecule has 1 aromatic carbocycles. The number of para-hydroxylation sites is 1. The third-order valence-corrected chi connectivity index (χ3v) is 4.77. The third-order valence-electron chi connectivity index (χ3n) is 4.77. The first-order valence-corrected chi connectivity index (χ1v) is 9.01. The fourth-order valence-corrected chi connectivity index (χ4v) is 3.46. The summed E-state index contributed by atoms with van der Waals surface area (Å²) in [5, 5.41) is 0. The standard InChI is InChI=1S/C20H25N3O3/c1-20(2,3)26-19(24)22-11-9-21(10-12-22)18-17-15(13-23(17)18)14-7-5-6-8-16(14)25-4/h5-8,13H,9-12H2,1-4H3. The number of hydrogen-bond acceptors (Lipinski definition) is 4. The van der Waals surface area contributed by atoms with Crippen LogP contribution in [-0.4, -0.2) is 54.5 Å². The van der Waals surface area contributed by atoms with Gasteiger partial charge in [0.05, 0.1) is 12.8 Å². The molecule has 0 N–H and O–H groups in total. The predicted octanol–water partition coefficient (Wildman–Crippen LogP) is 3.52. The van der Waals surface area contributed by atoms with Crippen LogP contribution >= 0.6 is 0 Å². The average molecular weight is 355 g/mol. The van der Waals surface area contributed by atoms with Crippen LogP contribution in [0.5, 0.6) is 5.75 Å². The topological polar surface area (TPSA) is 46.9 Å². The van der Waals surface area contributed by atoms with E-state index in [1.165, 1.54) is 17.1 Å². The number of aromatic nitrogens is 1. The lowest BCUT2D eigenvalue weighted by molar-refractivity contribution is 0.0240. The second kappa shape index (κ2) is 5.97. The Hall–Kier alpha value is -2.63. The number of piperazine rings is 1. The molecule has 0 atom stereocenters. The highest BCUT2D eigenvalue weighted by Gasteiger charge is 2.38. The highest BCUT2D eigenvalue weighted by Crippen LogP contribution is 2.52. The lowest BCUT2D eigenvalue weighted by atomic mass is 10.1. The molecule has 4 rings (SSSR count). The molecule has 0 spiro atoms. The van der Waals surface area contributed by atoms with Crippen molar-refractivity contribution in [2.24, 2.45) is 0 Å². The number of anilines is 1. The number of amides is 1. The van der Waals surface area contributed by atoms with Crippen LogP contribution in [0.25, 0.3) is 16.8 Å². The summed E-state index contributed by atoms with van der Waals surface area (Å²) in [7, 11) is 1.70. The predicted molar refractivity (Wildman–Crippen MR) is 101 cm³/mol. The summed E-state index contributed by atoms with van der Waals surface area (Å²) in [5.41, 5.74) is 3.18. The lowest BCUT2D eigenvalue weighted by Gasteiger charge is -2.34. The lowest BCUT2D eigenvalue weighted by Crippen LogP contribution is -2.49. The molecule has 0 bridgehead atoms. The van der Waals surface area contributed by atoms with Crippen LogP contribution < -0.4 is 9.64 Å². The van der Waals surface area contributed by atoms with Gasteiger partial charge in [-0.2, -0.15) is 0 Å². The van der Waals surface area contributed by atoms with Gasteiger partial charge in [-0.3, -0.25) is 4.57 Å². The van der Waals surface area contributed by atoms with Crippen molar-refractivity contribution in [3.8, 4) is 22.6 Å².